The van der Waals surface area contributed by atoms with Crippen LogP contribution in [0.3, 0.4) is 0 Å². The average Bonchev–Trinajstić information content (AvgIpc) is 2.78. The second-order valence-corrected chi connectivity index (χ2v) is 8.28. The first-order valence-corrected chi connectivity index (χ1v) is 11.3. The predicted molar refractivity (Wildman–Crippen MR) is 118 cm³/mol. The van der Waals surface area contributed by atoms with Gasteiger partial charge in [-0.3, -0.25) is 9.27 Å². The average molecular weight is 480 g/mol. The standard InChI is InChI=1S/C22H20F4N4O2S/c23-16-9-7-14(8-10-16)19-18(15-5-4-6-17(13-15)29-33(31)32)20(30-11-2-1-3-12-30)28-21(27-19)22(24,25)26/h4-10,13,29H,1-3,11-12H2,(H,31,32). The fraction of sp³-hybridized carbons (Fsp3) is 0.273. The quantitative estimate of drug-likeness (QED) is 0.372. The molecule has 33 heavy (non-hydrogen) atoms. The number of hydrogen-bond acceptors (Lipinski definition) is 4. The highest BCUT2D eigenvalue weighted by Crippen LogP contribution is 2.41. The molecule has 6 nitrogen and oxygen atoms in total. The summed E-state index contributed by atoms with van der Waals surface area (Å²) in [5, 5.41) is 0. The molecule has 3 aromatic rings. The van der Waals surface area contributed by atoms with E-state index < -0.39 is 29.1 Å². The summed E-state index contributed by atoms with van der Waals surface area (Å²) in [6, 6.07) is 11.4. The van der Waals surface area contributed by atoms with Crippen LogP contribution < -0.4 is 9.62 Å². The number of alkyl halides is 3. The summed E-state index contributed by atoms with van der Waals surface area (Å²) < 4.78 is 77.6. The summed E-state index contributed by atoms with van der Waals surface area (Å²) >= 11 is -2.33. The summed E-state index contributed by atoms with van der Waals surface area (Å²) in [6.07, 6.45) is -2.20. The Labute approximate surface area is 190 Å². The molecular weight excluding hydrogens is 460 g/mol. The van der Waals surface area contributed by atoms with E-state index in [1.54, 1.807) is 29.2 Å². The lowest BCUT2D eigenvalue weighted by molar-refractivity contribution is -0.144. The van der Waals surface area contributed by atoms with Crippen LogP contribution in [0, 0.1) is 5.82 Å². The molecule has 0 spiro atoms. The van der Waals surface area contributed by atoms with E-state index in [9.17, 15) is 26.3 Å². The van der Waals surface area contributed by atoms with Gasteiger partial charge in [-0.2, -0.15) is 13.2 Å². The van der Waals surface area contributed by atoms with Gasteiger partial charge < -0.3 is 4.90 Å². The molecule has 0 amide bonds. The van der Waals surface area contributed by atoms with Gasteiger partial charge in [0.15, 0.2) is 0 Å². The lowest BCUT2D eigenvalue weighted by Gasteiger charge is -2.31. The van der Waals surface area contributed by atoms with Gasteiger partial charge in [-0.05, 0) is 61.2 Å². The third-order valence-electron chi connectivity index (χ3n) is 5.27. The van der Waals surface area contributed by atoms with Crippen molar-refractivity contribution in [1.82, 2.24) is 9.97 Å². The van der Waals surface area contributed by atoms with Crippen LogP contribution in [-0.2, 0) is 17.4 Å². The Morgan fingerprint density at radius 3 is 2.30 bits per heavy atom. The number of aromatic nitrogens is 2. The van der Waals surface area contributed by atoms with Gasteiger partial charge in [-0.15, -0.1) is 0 Å². The van der Waals surface area contributed by atoms with E-state index in [-0.39, 0.29) is 11.5 Å². The van der Waals surface area contributed by atoms with Crippen LogP contribution in [0.1, 0.15) is 25.1 Å². The normalized spacial score (nSPS) is 15.4. The molecule has 2 N–H and O–H groups in total. The minimum absolute atomic E-state index is 0.000157. The van der Waals surface area contributed by atoms with Gasteiger partial charge in [0.1, 0.15) is 11.6 Å². The second-order valence-electron chi connectivity index (χ2n) is 7.58. The molecule has 1 aliphatic rings. The maximum Gasteiger partial charge on any atom is 0.451 e. The van der Waals surface area contributed by atoms with Crippen molar-refractivity contribution in [3.05, 3.63) is 60.2 Å². The molecule has 0 aliphatic carbocycles. The van der Waals surface area contributed by atoms with Gasteiger partial charge >= 0.3 is 6.18 Å². The Kier molecular flexibility index (Phi) is 6.61. The lowest BCUT2D eigenvalue weighted by Crippen LogP contribution is -2.32. The monoisotopic (exact) mass is 480 g/mol. The number of rotatable bonds is 5. The maximum absolute atomic E-state index is 13.8. The molecule has 1 unspecified atom stereocenters. The molecule has 0 saturated carbocycles. The van der Waals surface area contributed by atoms with Crippen LogP contribution in [0.5, 0.6) is 0 Å². The Balaban J connectivity index is 2.00. The van der Waals surface area contributed by atoms with E-state index in [0.29, 0.717) is 35.5 Å². The van der Waals surface area contributed by atoms with Crippen LogP contribution in [0.15, 0.2) is 48.5 Å². The summed E-state index contributed by atoms with van der Waals surface area (Å²) in [5.74, 6) is -1.69. The van der Waals surface area contributed by atoms with Gasteiger partial charge in [0.05, 0.1) is 11.3 Å². The third-order valence-corrected chi connectivity index (χ3v) is 5.68. The summed E-state index contributed by atoms with van der Waals surface area (Å²) in [7, 11) is 0. The summed E-state index contributed by atoms with van der Waals surface area (Å²) in [5.41, 5.74) is 1.38. The number of benzene rings is 2. The molecule has 2 aromatic carbocycles. The van der Waals surface area contributed by atoms with Crippen molar-refractivity contribution >= 4 is 22.8 Å². The Morgan fingerprint density at radius 1 is 0.970 bits per heavy atom. The van der Waals surface area contributed by atoms with Crippen molar-refractivity contribution in [3.63, 3.8) is 0 Å². The van der Waals surface area contributed by atoms with Crippen LogP contribution in [0.4, 0.5) is 29.1 Å². The fourth-order valence-electron chi connectivity index (χ4n) is 3.83. The minimum Gasteiger partial charge on any atom is -0.356 e. The fourth-order valence-corrected chi connectivity index (χ4v) is 4.16. The molecule has 1 atom stereocenters. The van der Waals surface area contributed by atoms with E-state index in [0.717, 1.165) is 31.4 Å². The largest absolute Gasteiger partial charge is 0.451 e. The van der Waals surface area contributed by atoms with E-state index >= 15 is 0 Å². The molecule has 0 bridgehead atoms. The topological polar surface area (TPSA) is 78.3 Å². The number of nitrogens with zero attached hydrogens (tertiary/aromatic N) is 3. The molecule has 1 saturated heterocycles. The Hall–Kier alpha value is -3.05. The highest BCUT2D eigenvalue weighted by Gasteiger charge is 2.37. The Bertz CT molecular complexity index is 1170. The first-order valence-electron chi connectivity index (χ1n) is 10.2. The predicted octanol–water partition coefficient (Wildman–Crippen LogP) is 5.51. The number of anilines is 2. The van der Waals surface area contributed by atoms with Crippen LogP contribution >= 0.6 is 0 Å². The number of piperidine rings is 1. The van der Waals surface area contributed by atoms with Crippen molar-refractivity contribution in [1.29, 1.82) is 0 Å². The zero-order valence-corrected chi connectivity index (χ0v) is 18.1. The molecule has 0 radical (unpaired) electrons. The van der Waals surface area contributed by atoms with Gasteiger partial charge in [0, 0.05) is 24.3 Å². The SMILES string of the molecule is O=S(O)Nc1cccc(-c2c(-c3ccc(F)cc3)nc(C(F)(F)F)nc2N2CCCCC2)c1. The molecule has 1 aliphatic heterocycles. The second kappa shape index (κ2) is 9.44. The third kappa shape index (κ3) is 5.31. The van der Waals surface area contributed by atoms with Crippen molar-refractivity contribution < 1.29 is 26.3 Å². The molecule has 4 rings (SSSR count). The summed E-state index contributed by atoms with van der Waals surface area (Å²) in [6.45, 7) is 1.06. The minimum atomic E-state index is -4.78. The number of nitrogens with one attached hydrogen (secondary N) is 1. The molecule has 174 valence electrons. The zero-order valence-electron chi connectivity index (χ0n) is 17.3. The Morgan fingerprint density at radius 2 is 1.67 bits per heavy atom. The molecule has 11 heteroatoms. The van der Waals surface area contributed by atoms with E-state index in [4.69, 9.17) is 0 Å². The molecule has 1 aromatic heterocycles. The first-order chi connectivity index (χ1) is 15.7. The smallest absolute Gasteiger partial charge is 0.356 e. The van der Waals surface area contributed by atoms with E-state index in [1.807, 2.05) is 0 Å². The van der Waals surface area contributed by atoms with Crippen molar-refractivity contribution in [3.8, 4) is 22.4 Å². The van der Waals surface area contributed by atoms with Crippen molar-refractivity contribution in [2.75, 3.05) is 22.7 Å². The van der Waals surface area contributed by atoms with Gasteiger partial charge in [0.25, 0.3) is 11.3 Å². The van der Waals surface area contributed by atoms with Crippen LogP contribution in [0.2, 0.25) is 0 Å². The molecule has 1 fully saturated rings. The highest BCUT2D eigenvalue weighted by molar-refractivity contribution is 7.80. The van der Waals surface area contributed by atoms with E-state index in [2.05, 4.69) is 14.7 Å². The number of hydrogen-bond donors (Lipinski definition) is 2. The van der Waals surface area contributed by atoms with Crippen LogP contribution in [0.25, 0.3) is 22.4 Å². The highest BCUT2D eigenvalue weighted by atomic mass is 32.2. The van der Waals surface area contributed by atoms with Crippen LogP contribution in [-0.4, -0.2) is 31.8 Å². The molecular formula is C22H20F4N4O2S. The molecule has 2 heterocycles. The maximum atomic E-state index is 13.8. The number of halogens is 4. The van der Waals surface area contributed by atoms with E-state index in [1.165, 1.54) is 12.1 Å². The van der Waals surface area contributed by atoms with Crippen molar-refractivity contribution in [2.45, 2.75) is 25.4 Å². The summed E-state index contributed by atoms with van der Waals surface area (Å²) in [4.78, 5) is 9.57. The van der Waals surface area contributed by atoms with Gasteiger partial charge in [-0.25, -0.2) is 18.6 Å². The van der Waals surface area contributed by atoms with Crippen molar-refractivity contribution in [2.24, 2.45) is 0 Å². The zero-order chi connectivity index (χ0) is 23.6. The first kappa shape index (κ1) is 23.1. The van der Waals surface area contributed by atoms with Gasteiger partial charge in [-0.1, -0.05) is 12.1 Å². The lowest BCUT2D eigenvalue weighted by atomic mass is 9.97. The van der Waals surface area contributed by atoms with Gasteiger partial charge in [0.2, 0.25) is 5.82 Å².